The first-order valence-corrected chi connectivity index (χ1v) is 7.71. The molecule has 2 unspecified atom stereocenters. The third kappa shape index (κ3) is 3.85. The van der Waals surface area contributed by atoms with Crippen LogP contribution in [0.15, 0.2) is 18.2 Å². The maximum absolute atomic E-state index is 6.30. The van der Waals surface area contributed by atoms with Crippen LogP contribution in [-0.4, -0.2) is 31.6 Å². The molecule has 1 aromatic rings. The van der Waals surface area contributed by atoms with Gasteiger partial charge in [-0.2, -0.15) is 0 Å². The van der Waals surface area contributed by atoms with Gasteiger partial charge in [0.05, 0.1) is 10.0 Å². The number of rotatable bonds is 5. The Hall–Kier alpha value is -0.280. The molecule has 1 saturated heterocycles. The Labute approximate surface area is 126 Å². The van der Waals surface area contributed by atoms with Crippen LogP contribution in [0.25, 0.3) is 0 Å². The predicted molar refractivity (Wildman–Crippen MR) is 83.1 cm³/mol. The molecule has 0 saturated carbocycles. The van der Waals surface area contributed by atoms with Crippen molar-refractivity contribution in [2.75, 3.05) is 26.7 Å². The maximum Gasteiger partial charge on any atom is 0.0640 e. The standard InChI is InChI=1S/C15H22Cl2N2/c1-11-6-8-19(10-11)9-7-14(18-2)12-4-3-5-13(16)15(12)17/h3-5,11,14,18H,6-10H2,1-2H3. The van der Waals surface area contributed by atoms with Crippen LogP contribution in [0.4, 0.5) is 0 Å². The molecule has 0 aromatic heterocycles. The van der Waals surface area contributed by atoms with Gasteiger partial charge in [0.15, 0.2) is 0 Å². The Morgan fingerprint density at radius 3 is 2.84 bits per heavy atom. The fraction of sp³-hybridized carbons (Fsp3) is 0.600. The molecule has 0 bridgehead atoms. The van der Waals surface area contributed by atoms with Crippen molar-refractivity contribution in [1.29, 1.82) is 0 Å². The molecule has 0 amide bonds. The highest BCUT2D eigenvalue weighted by atomic mass is 35.5. The van der Waals surface area contributed by atoms with E-state index in [0.717, 1.165) is 24.4 Å². The van der Waals surface area contributed by atoms with Gasteiger partial charge in [-0.15, -0.1) is 0 Å². The molecular weight excluding hydrogens is 279 g/mol. The quantitative estimate of drug-likeness (QED) is 0.885. The summed E-state index contributed by atoms with van der Waals surface area (Å²) in [5.74, 6) is 0.836. The normalized spacial score (nSPS) is 21.8. The lowest BCUT2D eigenvalue weighted by atomic mass is 10.0. The number of hydrogen-bond donors (Lipinski definition) is 1. The van der Waals surface area contributed by atoms with E-state index in [4.69, 9.17) is 23.2 Å². The summed E-state index contributed by atoms with van der Waals surface area (Å²) < 4.78 is 0. The third-order valence-electron chi connectivity index (χ3n) is 3.95. The van der Waals surface area contributed by atoms with E-state index < -0.39 is 0 Å². The smallest absolute Gasteiger partial charge is 0.0640 e. The first-order valence-electron chi connectivity index (χ1n) is 6.95. The van der Waals surface area contributed by atoms with E-state index in [9.17, 15) is 0 Å². The SMILES string of the molecule is CNC(CCN1CCC(C)C1)c1cccc(Cl)c1Cl. The maximum atomic E-state index is 6.30. The van der Waals surface area contributed by atoms with Crippen LogP contribution < -0.4 is 5.32 Å². The second-order valence-electron chi connectivity index (χ2n) is 5.47. The zero-order chi connectivity index (χ0) is 13.8. The van der Waals surface area contributed by atoms with Crippen LogP contribution in [-0.2, 0) is 0 Å². The second kappa shape index (κ2) is 6.94. The Morgan fingerprint density at radius 1 is 1.42 bits per heavy atom. The van der Waals surface area contributed by atoms with Gasteiger partial charge in [-0.3, -0.25) is 0 Å². The monoisotopic (exact) mass is 300 g/mol. The Bertz CT molecular complexity index is 423. The van der Waals surface area contributed by atoms with E-state index in [2.05, 4.69) is 23.2 Å². The van der Waals surface area contributed by atoms with Gasteiger partial charge in [0, 0.05) is 12.6 Å². The average molecular weight is 301 g/mol. The number of likely N-dealkylation sites (tertiary alicyclic amines) is 1. The van der Waals surface area contributed by atoms with Crippen LogP contribution in [0, 0.1) is 5.92 Å². The molecule has 1 heterocycles. The predicted octanol–water partition coefficient (Wildman–Crippen LogP) is 3.99. The number of nitrogens with one attached hydrogen (secondary N) is 1. The topological polar surface area (TPSA) is 15.3 Å². The fourth-order valence-corrected chi connectivity index (χ4v) is 3.23. The van der Waals surface area contributed by atoms with E-state index in [1.807, 2.05) is 19.2 Å². The van der Waals surface area contributed by atoms with Crippen molar-refractivity contribution < 1.29 is 0 Å². The molecule has 1 aromatic carbocycles. The first-order chi connectivity index (χ1) is 9.11. The number of nitrogens with zero attached hydrogens (tertiary/aromatic N) is 1. The van der Waals surface area contributed by atoms with E-state index >= 15 is 0 Å². The lowest BCUT2D eigenvalue weighted by Gasteiger charge is -2.22. The molecule has 0 aliphatic carbocycles. The molecule has 4 heteroatoms. The zero-order valence-electron chi connectivity index (χ0n) is 11.6. The van der Waals surface area contributed by atoms with E-state index in [0.29, 0.717) is 10.0 Å². The molecule has 2 atom stereocenters. The Balaban J connectivity index is 1.98. The van der Waals surface area contributed by atoms with Crippen molar-refractivity contribution in [2.24, 2.45) is 5.92 Å². The van der Waals surface area contributed by atoms with Crippen molar-refractivity contribution in [1.82, 2.24) is 10.2 Å². The fourth-order valence-electron chi connectivity index (χ4n) is 2.79. The van der Waals surface area contributed by atoms with E-state index in [1.54, 1.807) is 0 Å². The van der Waals surface area contributed by atoms with Gasteiger partial charge < -0.3 is 10.2 Å². The highest BCUT2D eigenvalue weighted by Crippen LogP contribution is 2.31. The molecule has 1 aliphatic rings. The van der Waals surface area contributed by atoms with E-state index in [1.165, 1.54) is 19.5 Å². The van der Waals surface area contributed by atoms with Crippen molar-refractivity contribution in [3.8, 4) is 0 Å². The van der Waals surface area contributed by atoms with Gasteiger partial charge in [-0.05, 0) is 50.5 Å². The lowest BCUT2D eigenvalue weighted by Crippen LogP contribution is -2.26. The molecule has 1 aliphatic heterocycles. The number of hydrogen-bond acceptors (Lipinski definition) is 2. The van der Waals surface area contributed by atoms with Crippen molar-refractivity contribution in [2.45, 2.75) is 25.8 Å². The van der Waals surface area contributed by atoms with Crippen LogP contribution in [0.2, 0.25) is 10.0 Å². The minimum atomic E-state index is 0.266. The van der Waals surface area contributed by atoms with Crippen molar-refractivity contribution in [3.63, 3.8) is 0 Å². The third-order valence-corrected chi connectivity index (χ3v) is 4.78. The summed E-state index contributed by atoms with van der Waals surface area (Å²) in [6, 6.07) is 6.12. The van der Waals surface area contributed by atoms with Crippen molar-refractivity contribution in [3.05, 3.63) is 33.8 Å². The highest BCUT2D eigenvalue weighted by molar-refractivity contribution is 6.42. The van der Waals surface area contributed by atoms with E-state index in [-0.39, 0.29) is 6.04 Å². The summed E-state index contributed by atoms with van der Waals surface area (Å²) in [6.07, 6.45) is 2.38. The molecule has 19 heavy (non-hydrogen) atoms. The molecule has 1 N–H and O–H groups in total. The molecule has 0 radical (unpaired) electrons. The molecule has 106 valence electrons. The minimum Gasteiger partial charge on any atom is -0.313 e. The molecule has 2 rings (SSSR count). The van der Waals surface area contributed by atoms with Gasteiger partial charge in [0.2, 0.25) is 0 Å². The molecule has 2 nitrogen and oxygen atoms in total. The Kier molecular flexibility index (Phi) is 5.52. The number of benzene rings is 1. The van der Waals surface area contributed by atoms with Crippen LogP contribution in [0.5, 0.6) is 0 Å². The summed E-state index contributed by atoms with van der Waals surface area (Å²) in [6.45, 7) is 5.88. The summed E-state index contributed by atoms with van der Waals surface area (Å²) in [7, 11) is 1.98. The average Bonchev–Trinajstić information content (AvgIpc) is 2.81. The van der Waals surface area contributed by atoms with Gasteiger partial charge in [0.25, 0.3) is 0 Å². The van der Waals surface area contributed by atoms with Crippen molar-refractivity contribution >= 4 is 23.2 Å². The van der Waals surface area contributed by atoms with Gasteiger partial charge in [0.1, 0.15) is 0 Å². The van der Waals surface area contributed by atoms with Crippen LogP contribution >= 0.6 is 23.2 Å². The molecular formula is C15H22Cl2N2. The lowest BCUT2D eigenvalue weighted by molar-refractivity contribution is 0.305. The first kappa shape index (κ1) is 15.1. The van der Waals surface area contributed by atoms with Crippen LogP contribution in [0.3, 0.4) is 0 Å². The number of halogens is 2. The Morgan fingerprint density at radius 2 is 2.21 bits per heavy atom. The largest absolute Gasteiger partial charge is 0.313 e. The summed E-state index contributed by atoms with van der Waals surface area (Å²) in [5, 5.41) is 4.66. The minimum absolute atomic E-state index is 0.266. The van der Waals surface area contributed by atoms with Gasteiger partial charge >= 0.3 is 0 Å². The highest BCUT2D eigenvalue weighted by Gasteiger charge is 2.20. The van der Waals surface area contributed by atoms with Gasteiger partial charge in [-0.1, -0.05) is 42.3 Å². The molecule has 0 spiro atoms. The summed E-state index contributed by atoms with van der Waals surface area (Å²) in [5.41, 5.74) is 1.10. The van der Waals surface area contributed by atoms with Crippen LogP contribution in [0.1, 0.15) is 31.4 Å². The van der Waals surface area contributed by atoms with Gasteiger partial charge in [-0.25, -0.2) is 0 Å². The summed E-state index contributed by atoms with van der Waals surface area (Å²) in [4.78, 5) is 2.54. The molecule has 1 fully saturated rings. The summed E-state index contributed by atoms with van der Waals surface area (Å²) >= 11 is 12.4. The zero-order valence-corrected chi connectivity index (χ0v) is 13.1. The second-order valence-corrected chi connectivity index (χ2v) is 6.25.